The lowest BCUT2D eigenvalue weighted by Crippen LogP contribution is -2.47. The van der Waals surface area contributed by atoms with E-state index in [2.05, 4.69) is 5.32 Å². The zero-order chi connectivity index (χ0) is 19.0. The van der Waals surface area contributed by atoms with Gasteiger partial charge in [-0.2, -0.15) is 0 Å². The van der Waals surface area contributed by atoms with Crippen molar-refractivity contribution in [3.8, 4) is 5.75 Å². The first-order valence-corrected chi connectivity index (χ1v) is 8.58. The Morgan fingerprint density at radius 1 is 1.38 bits per heavy atom. The van der Waals surface area contributed by atoms with E-state index in [-0.39, 0.29) is 22.5 Å². The summed E-state index contributed by atoms with van der Waals surface area (Å²) in [6.07, 6.45) is -0.0973. The predicted octanol–water partition coefficient (Wildman–Crippen LogP) is 4.32. The number of amides is 1. The van der Waals surface area contributed by atoms with Crippen molar-refractivity contribution in [2.24, 2.45) is 0 Å². The highest BCUT2D eigenvalue weighted by molar-refractivity contribution is 6.31. The number of nitro benzene ring substituents is 1. The van der Waals surface area contributed by atoms with Crippen LogP contribution in [-0.4, -0.2) is 26.9 Å². The number of anilines is 1. The molecule has 2 aromatic carbocycles. The number of fused-ring (bicyclic) bond motifs is 1. The fourth-order valence-corrected chi connectivity index (χ4v) is 3.32. The molecule has 2 N–H and O–H groups in total. The maximum atomic E-state index is 13.1. The fourth-order valence-electron chi connectivity index (χ4n) is 3.10. The third-order valence-corrected chi connectivity index (χ3v) is 4.82. The number of halogens is 1. The van der Waals surface area contributed by atoms with Gasteiger partial charge in [0.05, 0.1) is 10.5 Å². The molecule has 8 heteroatoms. The molecule has 0 spiro atoms. The third-order valence-electron chi connectivity index (χ3n) is 4.60. The number of nitro groups is 1. The van der Waals surface area contributed by atoms with Crippen molar-refractivity contribution >= 4 is 28.9 Å². The van der Waals surface area contributed by atoms with Crippen molar-refractivity contribution in [3.05, 3.63) is 62.7 Å². The van der Waals surface area contributed by atoms with Gasteiger partial charge in [0.25, 0.3) is 5.91 Å². The molecule has 1 aliphatic heterocycles. The predicted molar refractivity (Wildman–Crippen MR) is 98.5 cm³/mol. The van der Waals surface area contributed by atoms with E-state index in [0.717, 1.165) is 6.07 Å². The Kier molecular flexibility index (Phi) is 4.73. The van der Waals surface area contributed by atoms with Crippen LogP contribution >= 0.6 is 11.6 Å². The second kappa shape index (κ2) is 6.84. The van der Waals surface area contributed by atoms with Gasteiger partial charge in [0.15, 0.2) is 0 Å². The zero-order valence-corrected chi connectivity index (χ0v) is 15.0. The highest BCUT2D eigenvalue weighted by atomic mass is 35.5. The number of aromatic hydroxyl groups is 1. The van der Waals surface area contributed by atoms with E-state index < -0.39 is 22.5 Å². The molecule has 0 unspecified atom stereocenters. The summed E-state index contributed by atoms with van der Waals surface area (Å²) in [4.78, 5) is 25.2. The molecule has 3 rings (SSSR count). The second-order valence-corrected chi connectivity index (χ2v) is 6.62. The van der Waals surface area contributed by atoms with Crippen molar-refractivity contribution < 1.29 is 14.8 Å². The molecule has 1 aliphatic rings. The Bertz CT molecular complexity index is 887. The molecule has 1 heterocycles. The summed E-state index contributed by atoms with van der Waals surface area (Å²) in [6.45, 7) is 3.83. The van der Waals surface area contributed by atoms with Crippen LogP contribution in [0.25, 0.3) is 0 Å². The molecular weight excluding hydrogens is 358 g/mol. The summed E-state index contributed by atoms with van der Waals surface area (Å²) >= 11 is 6.04. The molecule has 1 amide bonds. The molecule has 2 atom stereocenters. The Morgan fingerprint density at radius 2 is 2.08 bits per heavy atom. The van der Waals surface area contributed by atoms with Crippen LogP contribution < -0.4 is 5.32 Å². The average Bonchev–Trinajstić information content (AvgIpc) is 2.62. The van der Waals surface area contributed by atoms with E-state index in [1.54, 1.807) is 29.2 Å². The summed E-state index contributed by atoms with van der Waals surface area (Å²) in [6, 6.07) is 9.40. The molecule has 136 valence electrons. The largest absolute Gasteiger partial charge is 0.502 e. The molecule has 0 fully saturated rings. The Morgan fingerprint density at radius 3 is 2.73 bits per heavy atom. The Hall–Kier alpha value is -2.80. The number of nitrogens with one attached hydrogen (secondary N) is 1. The minimum Gasteiger partial charge on any atom is -0.502 e. The molecule has 0 radical (unpaired) electrons. The van der Waals surface area contributed by atoms with E-state index in [1.165, 1.54) is 6.07 Å². The Balaban J connectivity index is 2.19. The highest BCUT2D eigenvalue weighted by Crippen LogP contribution is 2.42. The molecule has 0 saturated carbocycles. The molecule has 0 aromatic heterocycles. The SMILES string of the molecule is CC[C@@H](C)N1C(=O)c2ccccc2N[C@@H]1c1cc(Cl)cc([N+](=O)[O-])c1O. The van der Waals surface area contributed by atoms with Crippen LogP contribution in [0.5, 0.6) is 5.75 Å². The molecule has 0 saturated heterocycles. The van der Waals surface area contributed by atoms with Crippen LogP contribution in [0.4, 0.5) is 11.4 Å². The minimum atomic E-state index is -0.773. The van der Waals surface area contributed by atoms with Crippen LogP contribution in [0.2, 0.25) is 5.02 Å². The van der Waals surface area contributed by atoms with Gasteiger partial charge in [-0.1, -0.05) is 30.7 Å². The van der Waals surface area contributed by atoms with Crippen molar-refractivity contribution in [2.45, 2.75) is 32.5 Å². The molecule has 26 heavy (non-hydrogen) atoms. The van der Waals surface area contributed by atoms with Crippen molar-refractivity contribution in [2.75, 3.05) is 5.32 Å². The van der Waals surface area contributed by atoms with Gasteiger partial charge in [0, 0.05) is 28.4 Å². The van der Waals surface area contributed by atoms with Gasteiger partial charge in [0.1, 0.15) is 6.17 Å². The van der Waals surface area contributed by atoms with E-state index in [0.29, 0.717) is 17.7 Å². The lowest BCUT2D eigenvalue weighted by Gasteiger charge is -2.41. The molecular formula is C18H18ClN3O4. The third kappa shape index (κ3) is 2.94. The lowest BCUT2D eigenvalue weighted by molar-refractivity contribution is -0.386. The van der Waals surface area contributed by atoms with E-state index in [9.17, 15) is 20.0 Å². The monoisotopic (exact) mass is 375 g/mol. The van der Waals surface area contributed by atoms with Crippen LogP contribution in [0.1, 0.15) is 42.4 Å². The van der Waals surface area contributed by atoms with E-state index in [1.807, 2.05) is 13.8 Å². The summed E-state index contributed by atoms with van der Waals surface area (Å²) < 4.78 is 0. The standard InChI is InChI=1S/C18H18ClN3O4/c1-3-10(2)21-17(20-14-7-5-4-6-12(14)18(21)24)13-8-11(19)9-15(16(13)23)22(25)26/h4-10,17,20,23H,3H2,1-2H3/t10-,17+/m1/s1. The average molecular weight is 376 g/mol. The highest BCUT2D eigenvalue weighted by Gasteiger charge is 2.38. The van der Waals surface area contributed by atoms with Crippen molar-refractivity contribution in [3.63, 3.8) is 0 Å². The van der Waals surface area contributed by atoms with Crippen molar-refractivity contribution in [1.29, 1.82) is 0 Å². The lowest BCUT2D eigenvalue weighted by atomic mass is 10.00. The maximum Gasteiger partial charge on any atom is 0.312 e. The number of benzene rings is 2. The maximum absolute atomic E-state index is 13.1. The molecule has 0 aliphatic carbocycles. The topological polar surface area (TPSA) is 95.7 Å². The number of hydrogen-bond acceptors (Lipinski definition) is 5. The van der Waals surface area contributed by atoms with Gasteiger partial charge in [-0.3, -0.25) is 14.9 Å². The molecule has 7 nitrogen and oxygen atoms in total. The zero-order valence-electron chi connectivity index (χ0n) is 14.3. The van der Waals surface area contributed by atoms with Gasteiger partial charge in [-0.15, -0.1) is 0 Å². The van der Waals surface area contributed by atoms with Crippen LogP contribution in [0, 0.1) is 10.1 Å². The number of phenols is 1. The number of carbonyl (C=O) groups excluding carboxylic acids is 1. The second-order valence-electron chi connectivity index (χ2n) is 6.18. The Labute approximate surface area is 155 Å². The first-order chi connectivity index (χ1) is 12.3. The summed E-state index contributed by atoms with van der Waals surface area (Å²) in [5.41, 5.74) is 0.807. The van der Waals surface area contributed by atoms with Crippen LogP contribution in [0.15, 0.2) is 36.4 Å². The van der Waals surface area contributed by atoms with Crippen LogP contribution in [0.3, 0.4) is 0 Å². The minimum absolute atomic E-state index is 0.113. The molecule has 2 aromatic rings. The van der Waals surface area contributed by atoms with Gasteiger partial charge in [-0.05, 0) is 31.5 Å². The number of rotatable bonds is 4. The number of nitrogens with zero attached hydrogens (tertiary/aromatic N) is 2. The van der Waals surface area contributed by atoms with Gasteiger partial charge in [-0.25, -0.2) is 0 Å². The number of para-hydroxylation sites is 1. The quantitative estimate of drug-likeness (QED) is 0.612. The smallest absolute Gasteiger partial charge is 0.312 e. The van der Waals surface area contributed by atoms with Gasteiger partial charge in [0.2, 0.25) is 5.75 Å². The van der Waals surface area contributed by atoms with Crippen molar-refractivity contribution in [1.82, 2.24) is 4.90 Å². The first-order valence-electron chi connectivity index (χ1n) is 8.20. The number of hydrogen-bond donors (Lipinski definition) is 2. The molecule has 0 bridgehead atoms. The first kappa shape index (κ1) is 18.0. The summed E-state index contributed by atoms with van der Waals surface area (Å²) in [7, 11) is 0. The van der Waals surface area contributed by atoms with E-state index >= 15 is 0 Å². The van der Waals surface area contributed by atoms with Gasteiger partial charge < -0.3 is 15.3 Å². The van der Waals surface area contributed by atoms with Gasteiger partial charge >= 0.3 is 5.69 Å². The summed E-state index contributed by atoms with van der Waals surface area (Å²) in [5, 5.41) is 25.0. The number of phenolic OH excluding ortho intramolecular Hbond substituents is 1. The normalized spacial score (nSPS) is 17.4. The fraction of sp³-hybridized carbons (Fsp3) is 0.278. The van der Waals surface area contributed by atoms with E-state index in [4.69, 9.17) is 11.6 Å². The number of carbonyl (C=O) groups is 1. The summed E-state index contributed by atoms with van der Waals surface area (Å²) in [5.74, 6) is -0.710. The van der Waals surface area contributed by atoms with Crippen LogP contribution in [-0.2, 0) is 0 Å².